The van der Waals surface area contributed by atoms with Gasteiger partial charge in [-0.05, 0) is 37.6 Å². The van der Waals surface area contributed by atoms with E-state index in [0.717, 1.165) is 16.0 Å². The van der Waals surface area contributed by atoms with Gasteiger partial charge in [-0.1, -0.05) is 11.6 Å². The largest absolute Gasteiger partial charge is 0.333 e. The van der Waals surface area contributed by atoms with E-state index in [0.29, 0.717) is 35.3 Å². The van der Waals surface area contributed by atoms with E-state index in [2.05, 4.69) is 4.72 Å². The Morgan fingerprint density at radius 2 is 1.92 bits per heavy atom. The Bertz CT molecular complexity index is 799. The van der Waals surface area contributed by atoms with Crippen LogP contribution in [0.4, 0.5) is 0 Å². The molecule has 1 N–H and O–H groups in total. The highest BCUT2D eigenvalue weighted by atomic mass is 35.5. The number of rotatable bonds is 8. The van der Waals surface area contributed by atoms with Gasteiger partial charge in [0.2, 0.25) is 10.0 Å². The first-order chi connectivity index (χ1) is 11.3. The van der Waals surface area contributed by atoms with E-state index in [9.17, 15) is 13.2 Å². The molecule has 0 bridgehead atoms. The number of hydrogen-bond acceptors (Lipinski definition) is 5. The molecule has 2 aromatic rings. The van der Waals surface area contributed by atoms with Gasteiger partial charge in [0.15, 0.2) is 0 Å². The fraction of sp³-hybridized carbons (Fsp3) is 0.400. The van der Waals surface area contributed by atoms with Crippen molar-refractivity contribution >= 4 is 50.2 Å². The summed E-state index contributed by atoms with van der Waals surface area (Å²) in [5, 5.41) is 0. The van der Waals surface area contributed by atoms with E-state index in [1.807, 2.05) is 25.1 Å². The van der Waals surface area contributed by atoms with Crippen molar-refractivity contribution in [3.63, 3.8) is 0 Å². The Labute approximate surface area is 155 Å². The maximum atomic E-state index is 12.6. The van der Waals surface area contributed by atoms with Gasteiger partial charge in [-0.2, -0.15) is 0 Å². The third kappa shape index (κ3) is 5.86. The first-order valence-electron chi connectivity index (χ1n) is 7.35. The molecule has 24 heavy (non-hydrogen) atoms. The first kappa shape index (κ1) is 19.4. The summed E-state index contributed by atoms with van der Waals surface area (Å²) < 4.78 is 25.3. The number of carbonyl (C=O) groups is 1. The molecule has 5 nitrogen and oxygen atoms in total. The number of thiophene rings is 2. The van der Waals surface area contributed by atoms with Crippen LogP contribution in [0.3, 0.4) is 0 Å². The Balaban J connectivity index is 1.97. The summed E-state index contributed by atoms with van der Waals surface area (Å²) in [6, 6.07) is 7.43. The normalized spacial score (nSPS) is 11.6. The van der Waals surface area contributed by atoms with Gasteiger partial charge in [-0.3, -0.25) is 4.79 Å². The van der Waals surface area contributed by atoms with Crippen LogP contribution in [0.5, 0.6) is 0 Å². The average Bonchev–Trinajstić information content (AvgIpc) is 3.12. The van der Waals surface area contributed by atoms with Crippen LogP contribution in [0.25, 0.3) is 0 Å². The van der Waals surface area contributed by atoms with E-state index in [1.54, 1.807) is 11.0 Å². The van der Waals surface area contributed by atoms with Gasteiger partial charge in [-0.15, -0.1) is 22.7 Å². The lowest BCUT2D eigenvalue weighted by atomic mass is 10.3. The van der Waals surface area contributed by atoms with Crippen LogP contribution in [0.2, 0.25) is 4.34 Å². The lowest BCUT2D eigenvalue weighted by Crippen LogP contribution is -2.29. The van der Waals surface area contributed by atoms with Gasteiger partial charge in [0.1, 0.15) is 0 Å². The van der Waals surface area contributed by atoms with Gasteiger partial charge in [0.05, 0.1) is 22.0 Å². The summed E-state index contributed by atoms with van der Waals surface area (Å²) in [4.78, 5) is 17.1. The molecule has 0 radical (unpaired) electrons. The second kappa shape index (κ2) is 8.44. The highest BCUT2D eigenvalue weighted by Gasteiger charge is 2.17. The molecule has 0 aliphatic heterocycles. The third-order valence-electron chi connectivity index (χ3n) is 3.25. The first-order valence-corrected chi connectivity index (χ1v) is 11.3. The molecule has 0 aliphatic rings. The summed E-state index contributed by atoms with van der Waals surface area (Å²) in [6.45, 7) is 3.42. The standard InChI is InChI=1S/C15H19ClN2O3S3/c1-3-18(10-12-5-7-14(16)23-12)15(19)13-6-4-11(22-13)8-9-17-24(2,20)21/h4-7,17H,3,8-10H2,1-2H3. The van der Waals surface area contributed by atoms with Crippen molar-refractivity contribution in [2.24, 2.45) is 0 Å². The minimum atomic E-state index is -3.18. The molecule has 132 valence electrons. The van der Waals surface area contributed by atoms with Gasteiger partial charge in [0, 0.05) is 22.8 Å². The van der Waals surface area contributed by atoms with Crippen LogP contribution >= 0.6 is 34.3 Å². The predicted octanol–water partition coefficient (Wildman–Crippen LogP) is 3.22. The van der Waals surface area contributed by atoms with Gasteiger partial charge in [-0.25, -0.2) is 13.1 Å². The highest BCUT2D eigenvalue weighted by molar-refractivity contribution is 7.88. The molecule has 0 unspecified atom stereocenters. The molecule has 9 heteroatoms. The number of amides is 1. The molecular weight excluding hydrogens is 388 g/mol. The van der Waals surface area contributed by atoms with Gasteiger partial charge >= 0.3 is 0 Å². The second-order valence-electron chi connectivity index (χ2n) is 5.21. The maximum absolute atomic E-state index is 12.6. The lowest BCUT2D eigenvalue weighted by Gasteiger charge is -2.19. The molecule has 2 rings (SSSR count). The monoisotopic (exact) mass is 406 g/mol. The van der Waals surface area contributed by atoms with Crippen molar-refractivity contribution in [3.05, 3.63) is 43.2 Å². The quantitative estimate of drug-likeness (QED) is 0.731. The minimum Gasteiger partial charge on any atom is -0.333 e. The molecule has 2 aromatic heterocycles. The van der Waals surface area contributed by atoms with E-state index >= 15 is 0 Å². The number of sulfonamides is 1. The lowest BCUT2D eigenvalue weighted by molar-refractivity contribution is 0.0759. The van der Waals surface area contributed by atoms with Crippen molar-refractivity contribution in [1.29, 1.82) is 0 Å². The summed E-state index contributed by atoms with van der Waals surface area (Å²) >= 11 is 8.81. The number of nitrogens with one attached hydrogen (secondary N) is 1. The number of halogens is 1. The van der Waals surface area contributed by atoms with Crippen LogP contribution in [0, 0.1) is 0 Å². The molecule has 0 spiro atoms. The summed E-state index contributed by atoms with van der Waals surface area (Å²) in [5.41, 5.74) is 0. The number of nitrogens with zero attached hydrogens (tertiary/aromatic N) is 1. The fourth-order valence-electron chi connectivity index (χ4n) is 2.09. The second-order valence-corrected chi connectivity index (χ2v) is 10.0. The van der Waals surface area contributed by atoms with E-state index in [4.69, 9.17) is 11.6 Å². The Kier molecular flexibility index (Phi) is 6.82. The summed E-state index contributed by atoms with van der Waals surface area (Å²) in [6.07, 6.45) is 1.70. The zero-order valence-electron chi connectivity index (χ0n) is 13.4. The summed E-state index contributed by atoms with van der Waals surface area (Å²) in [7, 11) is -3.18. The van der Waals surface area contributed by atoms with Gasteiger partial charge < -0.3 is 4.90 Å². The maximum Gasteiger partial charge on any atom is 0.264 e. The topological polar surface area (TPSA) is 66.5 Å². The van der Waals surface area contributed by atoms with E-state index < -0.39 is 10.0 Å². The van der Waals surface area contributed by atoms with Crippen molar-refractivity contribution < 1.29 is 13.2 Å². The zero-order chi connectivity index (χ0) is 17.7. The Morgan fingerprint density at radius 3 is 2.50 bits per heavy atom. The van der Waals surface area contributed by atoms with Crippen LogP contribution in [-0.4, -0.2) is 38.6 Å². The molecule has 2 heterocycles. The SMILES string of the molecule is CCN(Cc1ccc(Cl)s1)C(=O)c1ccc(CCNS(C)(=O)=O)s1. The highest BCUT2D eigenvalue weighted by Crippen LogP contribution is 2.24. The van der Waals surface area contributed by atoms with Crippen molar-refractivity contribution in [3.8, 4) is 0 Å². The van der Waals surface area contributed by atoms with Gasteiger partial charge in [0.25, 0.3) is 5.91 Å². The van der Waals surface area contributed by atoms with Crippen molar-refractivity contribution in [2.45, 2.75) is 19.9 Å². The number of hydrogen-bond donors (Lipinski definition) is 1. The van der Waals surface area contributed by atoms with Crippen LogP contribution < -0.4 is 4.72 Å². The summed E-state index contributed by atoms with van der Waals surface area (Å²) in [5.74, 6) is -0.0191. The number of carbonyl (C=O) groups excluding carboxylic acids is 1. The van der Waals surface area contributed by atoms with Crippen LogP contribution in [0.15, 0.2) is 24.3 Å². The van der Waals surface area contributed by atoms with E-state index in [1.165, 1.54) is 22.7 Å². The Hall–Kier alpha value is -0.930. The zero-order valence-corrected chi connectivity index (χ0v) is 16.6. The van der Waals surface area contributed by atoms with Crippen LogP contribution in [-0.2, 0) is 23.0 Å². The molecule has 0 fully saturated rings. The minimum absolute atomic E-state index is 0.0191. The molecule has 0 saturated carbocycles. The third-order valence-corrected chi connectivity index (χ3v) is 6.33. The van der Waals surface area contributed by atoms with Crippen LogP contribution in [0.1, 0.15) is 26.3 Å². The fourth-order valence-corrected chi connectivity index (χ4v) is 4.65. The average molecular weight is 407 g/mol. The molecular formula is C15H19ClN2O3S3. The van der Waals surface area contributed by atoms with Crippen molar-refractivity contribution in [2.75, 3.05) is 19.3 Å². The van der Waals surface area contributed by atoms with E-state index in [-0.39, 0.29) is 5.91 Å². The van der Waals surface area contributed by atoms with Crippen molar-refractivity contribution in [1.82, 2.24) is 9.62 Å². The smallest absolute Gasteiger partial charge is 0.264 e. The molecule has 0 saturated heterocycles. The molecule has 0 atom stereocenters. The molecule has 0 aromatic carbocycles. The Morgan fingerprint density at radius 1 is 1.21 bits per heavy atom. The molecule has 0 aliphatic carbocycles. The molecule has 1 amide bonds. The predicted molar refractivity (Wildman–Crippen MR) is 101 cm³/mol.